The Morgan fingerprint density at radius 1 is 1.26 bits per heavy atom. The number of nitrogens with zero attached hydrogens (tertiary/aromatic N) is 1. The zero-order valence-electron chi connectivity index (χ0n) is 11.3. The number of aliphatic hydroxyl groups excluding tert-OH is 2. The number of hydrogen-bond donors (Lipinski definition) is 2. The van der Waals surface area contributed by atoms with Crippen LogP contribution in [-0.2, 0) is 0 Å². The molecule has 4 heteroatoms. The highest BCUT2D eigenvalue weighted by Gasteiger charge is 2.24. The van der Waals surface area contributed by atoms with Crippen molar-refractivity contribution in [2.45, 2.75) is 32.0 Å². The molecule has 0 aliphatic carbocycles. The largest absolute Gasteiger partial charge is 0.393 e. The first kappa shape index (κ1) is 14.8. The Hall–Kier alpha value is -0.610. The van der Waals surface area contributed by atoms with Gasteiger partial charge in [0.1, 0.15) is 0 Å². The molecule has 0 aromatic heterocycles. The Morgan fingerprint density at radius 2 is 1.89 bits per heavy atom. The van der Waals surface area contributed by atoms with Crippen LogP contribution < -0.4 is 0 Å². The monoisotopic (exact) mass is 283 g/mol. The minimum atomic E-state index is -0.545. The normalized spacial score (nSPS) is 21.3. The first-order valence-corrected chi connectivity index (χ1v) is 7.28. The Bertz CT molecular complexity index is 403. The third-order valence-electron chi connectivity index (χ3n) is 4.01. The van der Waals surface area contributed by atoms with Crippen LogP contribution in [-0.4, -0.2) is 40.9 Å². The number of piperidine rings is 1. The van der Waals surface area contributed by atoms with Gasteiger partial charge in [-0.2, -0.15) is 0 Å². The summed E-state index contributed by atoms with van der Waals surface area (Å²) in [4.78, 5) is 2.24. The molecule has 106 valence electrons. The van der Waals surface area contributed by atoms with E-state index in [9.17, 15) is 10.2 Å². The molecule has 2 rings (SSSR count). The molecule has 19 heavy (non-hydrogen) atoms. The topological polar surface area (TPSA) is 43.7 Å². The molecule has 0 amide bonds. The molecule has 1 aliphatic rings. The van der Waals surface area contributed by atoms with E-state index in [-0.39, 0.29) is 6.10 Å². The van der Waals surface area contributed by atoms with Gasteiger partial charge < -0.3 is 15.1 Å². The molecule has 1 aromatic carbocycles. The first-order chi connectivity index (χ1) is 9.08. The Morgan fingerprint density at radius 3 is 2.47 bits per heavy atom. The molecule has 1 heterocycles. The summed E-state index contributed by atoms with van der Waals surface area (Å²) in [6.07, 6.45) is 1.22. The fraction of sp³-hybridized carbons (Fsp3) is 0.600. The van der Waals surface area contributed by atoms with Crippen LogP contribution in [0.5, 0.6) is 0 Å². The minimum Gasteiger partial charge on any atom is -0.393 e. The van der Waals surface area contributed by atoms with Crippen LogP contribution in [0.4, 0.5) is 0 Å². The van der Waals surface area contributed by atoms with Crippen LogP contribution >= 0.6 is 11.6 Å². The highest BCUT2D eigenvalue weighted by atomic mass is 35.5. The van der Waals surface area contributed by atoms with Crippen LogP contribution in [0.3, 0.4) is 0 Å². The molecule has 0 saturated carbocycles. The van der Waals surface area contributed by atoms with Gasteiger partial charge in [0.2, 0.25) is 0 Å². The molecule has 3 nitrogen and oxygen atoms in total. The maximum Gasteiger partial charge on any atom is 0.0931 e. The van der Waals surface area contributed by atoms with E-state index in [2.05, 4.69) is 4.90 Å². The van der Waals surface area contributed by atoms with Crippen molar-refractivity contribution < 1.29 is 10.2 Å². The number of β-amino-alcohol motifs (C(OH)–C–C–N with tert-alkyl or cyclic N) is 1. The van der Waals surface area contributed by atoms with Crippen molar-refractivity contribution in [3.8, 4) is 0 Å². The molecule has 0 spiro atoms. The number of benzene rings is 1. The van der Waals surface area contributed by atoms with E-state index in [0.29, 0.717) is 17.5 Å². The summed E-state index contributed by atoms with van der Waals surface area (Å²) in [7, 11) is 0. The van der Waals surface area contributed by atoms with Crippen molar-refractivity contribution >= 4 is 11.6 Å². The molecule has 1 saturated heterocycles. The van der Waals surface area contributed by atoms with Crippen molar-refractivity contribution in [3.05, 3.63) is 34.9 Å². The van der Waals surface area contributed by atoms with Gasteiger partial charge in [0.25, 0.3) is 0 Å². The number of halogens is 1. The molecular weight excluding hydrogens is 262 g/mol. The second-order valence-corrected chi connectivity index (χ2v) is 5.82. The summed E-state index contributed by atoms with van der Waals surface area (Å²) in [5, 5.41) is 20.4. The van der Waals surface area contributed by atoms with Crippen LogP contribution in [0, 0.1) is 5.92 Å². The van der Waals surface area contributed by atoms with E-state index in [4.69, 9.17) is 11.6 Å². The van der Waals surface area contributed by atoms with Gasteiger partial charge in [-0.05, 0) is 44.8 Å². The van der Waals surface area contributed by atoms with Crippen LogP contribution in [0.1, 0.15) is 31.4 Å². The fourth-order valence-electron chi connectivity index (χ4n) is 2.71. The van der Waals surface area contributed by atoms with E-state index >= 15 is 0 Å². The highest BCUT2D eigenvalue weighted by Crippen LogP contribution is 2.26. The summed E-state index contributed by atoms with van der Waals surface area (Å²) in [6.45, 7) is 4.32. The molecule has 1 aliphatic heterocycles. The van der Waals surface area contributed by atoms with Crippen molar-refractivity contribution in [1.82, 2.24) is 4.90 Å². The van der Waals surface area contributed by atoms with Gasteiger partial charge >= 0.3 is 0 Å². The van der Waals surface area contributed by atoms with Gasteiger partial charge in [-0.25, -0.2) is 0 Å². The second-order valence-electron chi connectivity index (χ2n) is 5.42. The number of rotatable bonds is 4. The number of hydrogen-bond acceptors (Lipinski definition) is 3. The van der Waals surface area contributed by atoms with Gasteiger partial charge in [-0.15, -0.1) is 0 Å². The Kier molecular flexibility index (Phi) is 5.22. The third-order valence-corrected chi connectivity index (χ3v) is 4.35. The maximum absolute atomic E-state index is 10.3. The summed E-state index contributed by atoms with van der Waals surface area (Å²) >= 11 is 6.09. The third kappa shape index (κ3) is 3.93. The quantitative estimate of drug-likeness (QED) is 0.892. The Balaban J connectivity index is 1.87. The van der Waals surface area contributed by atoms with Crippen LogP contribution in [0.2, 0.25) is 5.02 Å². The van der Waals surface area contributed by atoms with Gasteiger partial charge in [-0.3, -0.25) is 0 Å². The second kappa shape index (κ2) is 6.71. The van der Waals surface area contributed by atoms with Gasteiger partial charge in [0, 0.05) is 17.1 Å². The molecule has 0 radical (unpaired) electrons. The van der Waals surface area contributed by atoms with E-state index in [1.807, 2.05) is 25.1 Å². The summed E-state index contributed by atoms with van der Waals surface area (Å²) in [5.41, 5.74) is 0.793. The predicted molar refractivity (Wildman–Crippen MR) is 77.3 cm³/mol. The predicted octanol–water partition coefficient (Wildman–Crippen LogP) is 2.47. The lowest BCUT2D eigenvalue weighted by molar-refractivity contribution is 0.0486. The van der Waals surface area contributed by atoms with Crippen molar-refractivity contribution in [3.63, 3.8) is 0 Å². The minimum absolute atomic E-state index is 0.226. The molecule has 0 bridgehead atoms. The lowest BCUT2D eigenvalue weighted by Gasteiger charge is -2.34. The van der Waals surface area contributed by atoms with Gasteiger partial charge in [0.15, 0.2) is 0 Å². The summed E-state index contributed by atoms with van der Waals surface area (Å²) < 4.78 is 0. The summed E-state index contributed by atoms with van der Waals surface area (Å²) in [6, 6.07) is 7.44. The molecule has 2 unspecified atom stereocenters. The maximum atomic E-state index is 10.3. The molecule has 1 fully saturated rings. The van der Waals surface area contributed by atoms with E-state index in [1.54, 1.807) is 6.07 Å². The smallest absolute Gasteiger partial charge is 0.0931 e. The lowest BCUT2D eigenvalue weighted by atomic mass is 9.92. The molecule has 1 aromatic rings. The molecular formula is C15H22ClNO2. The lowest BCUT2D eigenvalue weighted by Crippen LogP contribution is -2.39. The number of aliphatic hydroxyl groups is 2. The summed E-state index contributed by atoms with van der Waals surface area (Å²) in [5.74, 6) is 0.397. The fourth-order valence-corrected chi connectivity index (χ4v) is 2.97. The van der Waals surface area contributed by atoms with Crippen molar-refractivity contribution in [1.29, 1.82) is 0 Å². The zero-order valence-corrected chi connectivity index (χ0v) is 12.1. The van der Waals surface area contributed by atoms with Crippen molar-refractivity contribution in [2.24, 2.45) is 5.92 Å². The molecule has 2 atom stereocenters. The zero-order chi connectivity index (χ0) is 13.8. The van der Waals surface area contributed by atoms with Crippen LogP contribution in [0.15, 0.2) is 24.3 Å². The average Bonchev–Trinajstić information content (AvgIpc) is 2.39. The van der Waals surface area contributed by atoms with E-state index < -0.39 is 6.10 Å². The van der Waals surface area contributed by atoms with Gasteiger partial charge in [-0.1, -0.05) is 29.8 Å². The SMILES string of the molecule is CC(O)C1CCN(CC(O)c2ccccc2Cl)CC1. The first-order valence-electron chi connectivity index (χ1n) is 6.91. The van der Waals surface area contributed by atoms with Gasteiger partial charge in [0.05, 0.1) is 12.2 Å². The molecule has 2 N–H and O–H groups in total. The van der Waals surface area contributed by atoms with E-state index in [0.717, 1.165) is 31.5 Å². The van der Waals surface area contributed by atoms with E-state index in [1.165, 1.54) is 0 Å². The van der Waals surface area contributed by atoms with Crippen molar-refractivity contribution in [2.75, 3.05) is 19.6 Å². The standard InChI is InChI=1S/C15H22ClNO2/c1-11(18)12-6-8-17(9-7-12)10-15(19)13-4-2-3-5-14(13)16/h2-5,11-12,15,18-19H,6-10H2,1H3. The highest BCUT2D eigenvalue weighted by molar-refractivity contribution is 6.31. The Labute approximate surface area is 119 Å². The van der Waals surface area contributed by atoms with Crippen LogP contribution in [0.25, 0.3) is 0 Å². The number of likely N-dealkylation sites (tertiary alicyclic amines) is 1. The average molecular weight is 284 g/mol.